The number of carbonyl (C=O) groups excluding carboxylic acids is 1. The second-order valence-electron chi connectivity index (χ2n) is 7.03. The second-order valence-corrected chi connectivity index (χ2v) is 7.47. The molecule has 0 saturated heterocycles. The van der Waals surface area contributed by atoms with Crippen molar-refractivity contribution in [3.05, 3.63) is 106 Å². The highest BCUT2D eigenvalue weighted by atomic mass is 35.5. The van der Waals surface area contributed by atoms with Gasteiger partial charge < -0.3 is 9.88 Å². The van der Waals surface area contributed by atoms with E-state index < -0.39 is 0 Å². The van der Waals surface area contributed by atoms with Gasteiger partial charge in [0.15, 0.2) is 0 Å². The van der Waals surface area contributed by atoms with Crippen molar-refractivity contribution in [3.63, 3.8) is 0 Å². The Kier molecular flexibility index (Phi) is 4.93. The van der Waals surface area contributed by atoms with Crippen molar-refractivity contribution < 1.29 is 4.79 Å². The molecule has 4 heteroatoms. The van der Waals surface area contributed by atoms with Crippen molar-refractivity contribution in [2.24, 2.45) is 0 Å². The minimum atomic E-state index is -0.219. The number of fused-ring (bicyclic) bond motifs is 1. The third-order valence-electron chi connectivity index (χ3n) is 5.09. The van der Waals surface area contributed by atoms with Gasteiger partial charge in [-0.15, -0.1) is 0 Å². The topological polar surface area (TPSA) is 36.1 Å². The highest BCUT2D eigenvalue weighted by Crippen LogP contribution is 2.34. The van der Waals surface area contributed by atoms with Gasteiger partial charge in [-0.3, -0.25) is 4.79 Å². The van der Waals surface area contributed by atoms with Crippen molar-refractivity contribution in [1.29, 1.82) is 0 Å². The number of nitrogens with zero attached hydrogens (tertiary/aromatic N) is 1. The molecule has 0 saturated carbocycles. The molecule has 3 nitrogen and oxygen atoms in total. The Balaban J connectivity index is 1.83. The molecule has 0 aliphatic carbocycles. The van der Waals surface area contributed by atoms with E-state index in [2.05, 4.69) is 42.2 Å². The largest absolute Gasteiger partial charge is 0.361 e. The maximum absolute atomic E-state index is 13.3. The van der Waals surface area contributed by atoms with Gasteiger partial charge in [0.25, 0.3) is 5.91 Å². The first kappa shape index (κ1) is 18.3. The van der Waals surface area contributed by atoms with Crippen LogP contribution in [0.15, 0.2) is 79.0 Å². The molecular weight excluding hydrogens is 368 g/mol. The summed E-state index contributed by atoms with van der Waals surface area (Å²) in [4.78, 5) is 18.4. The van der Waals surface area contributed by atoms with Crippen LogP contribution in [0.2, 0.25) is 5.02 Å². The second kappa shape index (κ2) is 7.53. The minimum Gasteiger partial charge on any atom is -0.361 e. The lowest BCUT2D eigenvalue weighted by Gasteiger charge is -2.29. The standard InChI is InChI=1S/C24H21ClN2O/c1-16-10-12-17(13-11-16)23(21-15-26-22-9-4-3-8-20(21)22)27(2)24(28)18-6-5-7-19(25)14-18/h3-15,23,26H,1-2H3/t23-/m0/s1. The van der Waals surface area contributed by atoms with Gasteiger partial charge in [-0.25, -0.2) is 0 Å². The fourth-order valence-corrected chi connectivity index (χ4v) is 3.81. The molecule has 0 aliphatic rings. The van der Waals surface area contributed by atoms with E-state index in [1.54, 1.807) is 29.2 Å². The first-order valence-electron chi connectivity index (χ1n) is 9.20. The molecule has 4 rings (SSSR count). The molecule has 1 amide bonds. The van der Waals surface area contributed by atoms with E-state index in [1.807, 2.05) is 31.4 Å². The molecule has 1 N–H and O–H groups in total. The van der Waals surface area contributed by atoms with Gasteiger partial charge in [-0.2, -0.15) is 0 Å². The fraction of sp³-hybridized carbons (Fsp3) is 0.125. The summed E-state index contributed by atoms with van der Waals surface area (Å²) in [6.45, 7) is 2.06. The number of hydrogen-bond donors (Lipinski definition) is 1. The lowest BCUT2D eigenvalue weighted by molar-refractivity contribution is 0.0756. The van der Waals surface area contributed by atoms with Crippen LogP contribution in [0.4, 0.5) is 0 Å². The van der Waals surface area contributed by atoms with Crippen LogP contribution < -0.4 is 0 Å². The molecule has 140 valence electrons. The maximum Gasteiger partial charge on any atom is 0.254 e. The molecule has 0 bridgehead atoms. The van der Waals surface area contributed by atoms with Crippen molar-refractivity contribution in [1.82, 2.24) is 9.88 Å². The van der Waals surface area contributed by atoms with E-state index in [4.69, 9.17) is 11.6 Å². The first-order valence-corrected chi connectivity index (χ1v) is 9.57. The molecule has 0 spiro atoms. The first-order chi connectivity index (χ1) is 13.5. The molecule has 1 atom stereocenters. The number of aromatic nitrogens is 1. The lowest BCUT2D eigenvalue weighted by Crippen LogP contribution is -2.32. The lowest BCUT2D eigenvalue weighted by atomic mass is 9.95. The van der Waals surface area contributed by atoms with E-state index >= 15 is 0 Å². The fourth-order valence-electron chi connectivity index (χ4n) is 3.62. The number of halogens is 1. The Hall–Kier alpha value is -3.04. The summed E-state index contributed by atoms with van der Waals surface area (Å²) in [6, 6.07) is 23.3. The van der Waals surface area contributed by atoms with Gasteiger partial charge in [0.1, 0.15) is 0 Å². The van der Waals surface area contributed by atoms with Crippen LogP contribution in [0, 0.1) is 6.92 Å². The zero-order valence-electron chi connectivity index (χ0n) is 15.8. The smallest absolute Gasteiger partial charge is 0.254 e. The predicted octanol–water partition coefficient (Wildman–Crippen LogP) is 5.99. The molecule has 28 heavy (non-hydrogen) atoms. The molecule has 0 radical (unpaired) electrons. The van der Waals surface area contributed by atoms with Gasteiger partial charge in [0.05, 0.1) is 6.04 Å². The summed E-state index contributed by atoms with van der Waals surface area (Å²) in [5.41, 5.74) is 4.95. The predicted molar refractivity (Wildman–Crippen MR) is 115 cm³/mol. The Morgan fingerprint density at radius 3 is 2.50 bits per heavy atom. The van der Waals surface area contributed by atoms with Gasteiger partial charge in [0, 0.05) is 40.3 Å². The van der Waals surface area contributed by atoms with Gasteiger partial charge in [0.2, 0.25) is 0 Å². The minimum absolute atomic E-state index is 0.0710. The van der Waals surface area contributed by atoms with Gasteiger partial charge in [-0.05, 0) is 36.8 Å². The van der Waals surface area contributed by atoms with Gasteiger partial charge in [-0.1, -0.05) is 65.7 Å². The maximum atomic E-state index is 13.3. The van der Waals surface area contributed by atoms with Crippen LogP contribution in [0.25, 0.3) is 10.9 Å². The molecular formula is C24H21ClN2O. The quantitative estimate of drug-likeness (QED) is 0.458. The number of H-pyrrole nitrogens is 1. The van der Waals surface area contributed by atoms with E-state index in [0.29, 0.717) is 10.6 Å². The molecule has 0 aliphatic heterocycles. The SMILES string of the molecule is Cc1ccc([C@@H](c2c[nH]c3ccccc23)N(C)C(=O)c2cccc(Cl)c2)cc1. The number of hydrogen-bond acceptors (Lipinski definition) is 1. The summed E-state index contributed by atoms with van der Waals surface area (Å²) < 4.78 is 0. The van der Waals surface area contributed by atoms with Crippen LogP contribution in [0.1, 0.15) is 33.1 Å². The third kappa shape index (κ3) is 3.41. The van der Waals surface area contributed by atoms with Crippen molar-refractivity contribution in [2.75, 3.05) is 7.05 Å². The summed E-state index contributed by atoms with van der Waals surface area (Å²) in [5.74, 6) is -0.0710. The Morgan fingerprint density at radius 1 is 1.00 bits per heavy atom. The normalized spacial score (nSPS) is 12.1. The highest BCUT2D eigenvalue weighted by molar-refractivity contribution is 6.30. The highest BCUT2D eigenvalue weighted by Gasteiger charge is 2.26. The Labute approximate surface area is 169 Å². The molecule has 0 unspecified atom stereocenters. The number of aryl methyl sites for hydroxylation is 1. The molecule has 3 aromatic carbocycles. The number of nitrogens with one attached hydrogen (secondary N) is 1. The Bertz CT molecular complexity index is 1130. The van der Waals surface area contributed by atoms with E-state index in [-0.39, 0.29) is 11.9 Å². The summed E-state index contributed by atoms with van der Waals surface area (Å²) in [5, 5.41) is 1.66. The van der Waals surface area contributed by atoms with Crippen molar-refractivity contribution in [2.45, 2.75) is 13.0 Å². The number of benzene rings is 3. The van der Waals surface area contributed by atoms with Crippen molar-refractivity contribution in [3.8, 4) is 0 Å². The van der Waals surface area contributed by atoms with Crippen molar-refractivity contribution >= 4 is 28.4 Å². The number of rotatable bonds is 4. The third-order valence-corrected chi connectivity index (χ3v) is 5.32. The zero-order valence-corrected chi connectivity index (χ0v) is 16.6. The number of aromatic amines is 1. The summed E-state index contributed by atoms with van der Waals surface area (Å²) in [6.07, 6.45) is 2.00. The average Bonchev–Trinajstić information content (AvgIpc) is 3.13. The molecule has 1 aromatic heterocycles. The molecule has 0 fully saturated rings. The van der Waals surface area contributed by atoms with Crippen LogP contribution in [0.3, 0.4) is 0 Å². The van der Waals surface area contributed by atoms with E-state index in [1.165, 1.54) is 5.56 Å². The zero-order chi connectivity index (χ0) is 19.7. The Morgan fingerprint density at radius 2 is 1.75 bits per heavy atom. The number of carbonyl (C=O) groups is 1. The van der Waals surface area contributed by atoms with Crippen LogP contribution >= 0.6 is 11.6 Å². The molecule has 1 heterocycles. The summed E-state index contributed by atoms with van der Waals surface area (Å²) in [7, 11) is 1.84. The summed E-state index contributed by atoms with van der Waals surface area (Å²) >= 11 is 6.11. The van der Waals surface area contributed by atoms with E-state index in [0.717, 1.165) is 22.0 Å². The molecule has 4 aromatic rings. The van der Waals surface area contributed by atoms with Crippen LogP contribution in [0.5, 0.6) is 0 Å². The number of amides is 1. The van der Waals surface area contributed by atoms with Gasteiger partial charge >= 0.3 is 0 Å². The van der Waals surface area contributed by atoms with E-state index in [9.17, 15) is 4.79 Å². The van der Waals surface area contributed by atoms with Crippen LogP contribution in [-0.2, 0) is 0 Å². The number of para-hydroxylation sites is 1. The van der Waals surface area contributed by atoms with Crippen LogP contribution in [-0.4, -0.2) is 22.8 Å². The monoisotopic (exact) mass is 388 g/mol. The average molecular weight is 389 g/mol.